The van der Waals surface area contributed by atoms with E-state index in [1.54, 1.807) is 25.2 Å². The molecule has 2 amide bonds. The quantitative estimate of drug-likeness (QED) is 0.875. The van der Waals surface area contributed by atoms with Crippen molar-refractivity contribution in [2.24, 2.45) is 7.05 Å². The highest BCUT2D eigenvalue weighted by atomic mass is 16.3. The molecule has 1 saturated heterocycles. The zero-order chi connectivity index (χ0) is 17.1. The molecule has 1 fully saturated rings. The van der Waals surface area contributed by atoms with Crippen LogP contribution in [0.5, 0.6) is 0 Å². The van der Waals surface area contributed by atoms with Crippen molar-refractivity contribution in [1.29, 1.82) is 0 Å². The Morgan fingerprint density at radius 1 is 1.25 bits per heavy atom. The van der Waals surface area contributed by atoms with Crippen LogP contribution in [-0.4, -0.2) is 52.7 Å². The number of anilines is 1. The smallest absolute Gasteiger partial charge is 0.292 e. The number of nitrogens with zero attached hydrogens (tertiary/aromatic N) is 3. The number of hydrogen-bond donors (Lipinski definition) is 2. The number of aromatic nitrogens is 2. The Kier molecular flexibility index (Phi) is 4.66. The van der Waals surface area contributed by atoms with Gasteiger partial charge in [0.05, 0.1) is 6.26 Å². The van der Waals surface area contributed by atoms with E-state index in [9.17, 15) is 9.59 Å². The van der Waals surface area contributed by atoms with Crippen LogP contribution in [0.4, 0.5) is 5.82 Å². The standard InChI is InChI=1S/C16H21N5O3/c1-20-7-5-11(6-8-20)17-15(22)12-10-14(21(2)19-12)18-16(23)13-4-3-9-24-13/h3-4,9-11H,5-8H2,1-2H3,(H,17,22)(H,18,23). The number of hydrogen-bond acceptors (Lipinski definition) is 5. The van der Waals surface area contributed by atoms with Gasteiger partial charge in [0.2, 0.25) is 0 Å². The average molecular weight is 331 g/mol. The van der Waals surface area contributed by atoms with Crippen LogP contribution in [0.25, 0.3) is 0 Å². The van der Waals surface area contributed by atoms with E-state index in [-0.39, 0.29) is 29.3 Å². The molecule has 0 spiro atoms. The van der Waals surface area contributed by atoms with Crippen LogP contribution in [0.2, 0.25) is 0 Å². The summed E-state index contributed by atoms with van der Waals surface area (Å²) in [5, 5.41) is 9.86. The Hall–Kier alpha value is -2.61. The molecule has 1 aliphatic rings. The second-order valence-corrected chi connectivity index (χ2v) is 6.02. The molecule has 2 aromatic heterocycles. The van der Waals surface area contributed by atoms with Gasteiger partial charge in [-0.1, -0.05) is 0 Å². The minimum atomic E-state index is -0.384. The highest BCUT2D eigenvalue weighted by molar-refractivity contribution is 6.02. The predicted octanol–water partition coefficient (Wildman–Crippen LogP) is 1.09. The van der Waals surface area contributed by atoms with Gasteiger partial charge in [0.1, 0.15) is 5.82 Å². The summed E-state index contributed by atoms with van der Waals surface area (Å²) in [6.45, 7) is 1.94. The second-order valence-electron chi connectivity index (χ2n) is 6.02. The lowest BCUT2D eigenvalue weighted by molar-refractivity contribution is 0.0910. The van der Waals surface area contributed by atoms with Crippen LogP contribution >= 0.6 is 0 Å². The van der Waals surface area contributed by atoms with Crippen molar-refractivity contribution in [3.63, 3.8) is 0 Å². The number of carbonyl (C=O) groups excluding carboxylic acids is 2. The lowest BCUT2D eigenvalue weighted by atomic mass is 10.1. The van der Waals surface area contributed by atoms with E-state index in [1.807, 2.05) is 0 Å². The Morgan fingerprint density at radius 3 is 2.67 bits per heavy atom. The maximum Gasteiger partial charge on any atom is 0.292 e. The monoisotopic (exact) mass is 331 g/mol. The molecule has 0 aromatic carbocycles. The van der Waals surface area contributed by atoms with Crippen molar-refractivity contribution in [2.45, 2.75) is 18.9 Å². The van der Waals surface area contributed by atoms with E-state index in [1.165, 1.54) is 10.9 Å². The summed E-state index contributed by atoms with van der Waals surface area (Å²) in [4.78, 5) is 26.6. The van der Waals surface area contributed by atoms with Gasteiger partial charge >= 0.3 is 0 Å². The molecule has 3 rings (SSSR count). The summed E-state index contributed by atoms with van der Waals surface area (Å²) < 4.78 is 6.51. The number of furan rings is 1. The largest absolute Gasteiger partial charge is 0.459 e. The number of rotatable bonds is 4. The van der Waals surface area contributed by atoms with Crippen molar-refractivity contribution in [2.75, 3.05) is 25.5 Å². The Labute approximate surface area is 139 Å². The molecule has 1 aliphatic heterocycles. The van der Waals surface area contributed by atoms with Gasteiger partial charge in [0.25, 0.3) is 11.8 Å². The lowest BCUT2D eigenvalue weighted by Crippen LogP contribution is -2.43. The molecule has 0 radical (unpaired) electrons. The summed E-state index contributed by atoms with van der Waals surface area (Å²) in [5.74, 6) is 0.0300. The van der Waals surface area contributed by atoms with Crippen molar-refractivity contribution in [3.05, 3.63) is 35.9 Å². The predicted molar refractivity (Wildman–Crippen MR) is 87.9 cm³/mol. The SMILES string of the molecule is CN1CCC(NC(=O)c2cc(NC(=O)c3ccco3)n(C)n2)CC1. The maximum atomic E-state index is 12.3. The third kappa shape index (κ3) is 3.65. The van der Waals surface area contributed by atoms with Crippen molar-refractivity contribution in [3.8, 4) is 0 Å². The van der Waals surface area contributed by atoms with E-state index in [2.05, 4.69) is 27.7 Å². The van der Waals surface area contributed by atoms with Gasteiger partial charge in [-0.25, -0.2) is 0 Å². The average Bonchev–Trinajstić information content (AvgIpc) is 3.20. The van der Waals surface area contributed by atoms with Crippen LogP contribution in [0.1, 0.15) is 33.9 Å². The highest BCUT2D eigenvalue weighted by Gasteiger charge is 2.21. The Balaban J connectivity index is 1.62. The molecular formula is C16H21N5O3. The topological polar surface area (TPSA) is 92.4 Å². The minimum absolute atomic E-state index is 0.164. The van der Waals surface area contributed by atoms with Crippen LogP contribution in [0.15, 0.2) is 28.9 Å². The number of nitrogens with one attached hydrogen (secondary N) is 2. The first-order valence-electron chi connectivity index (χ1n) is 7.91. The molecule has 2 aromatic rings. The fourth-order valence-electron chi connectivity index (χ4n) is 2.69. The van der Waals surface area contributed by atoms with E-state index in [0.29, 0.717) is 5.82 Å². The molecule has 0 unspecified atom stereocenters. The molecule has 128 valence electrons. The Morgan fingerprint density at radius 2 is 2.00 bits per heavy atom. The van der Waals surface area contributed by atoms with Gasteiger partial charge in [0, 0.05) is 19.2 Å². The van der Waals surface area contributed by atoms with E-state index < -0.39 is 0 Å². The van der Waals surface area contributed by atoms with E-state index >= 15 is 0 Å². The van der Waals surface area contributed by atoms with Gasteiger partial charge in [0.15, 0.2) is 11.5 Å². The zero-order valence-corrected chi connectivity index (χ0v) is 13.8. The first-order chi connectivity index (χ1) is 11.5. The molecule has 8 heteroatoms. The molecule has 24 heavy (non-hydrogen) atoms. The first kappa shape index (κ1) is 16.3. The Bertz CT molecular complexity index is 714. The summed E-state index contributed by atoms with van der Waals surface area (Å²) >= 11 is 0. The summed E-state index contributed by atoms with van der Waals surface area (Å²) in [5.41, 5.74) is 0.283. The van der Waals surface area contributed by atoms with Crippen molar-refractivity contribution in [1.82, 2.24) is 20.0 Å². The van der Waals surface area contributed by atoms with Gasteiger partial charge < -0.3 is 20.0 Å². The number of likely N-dealkylation sites (tertiary alicyclic amines) is 1. The number of aryl methyl sites for hydroxylation is 1. The van der Waals surface area contributed by atoms with Gasteiger partial charge in [-0.05, 0) is 45.1 Å². The molecule has 8 nitrogen and oxygen atoms in total. The molecule has 0 bridgehead atoms. The van der Waals surface area contributed by atoms with Crippen molar-refractivity contribution < 1.29 is 14.0 Å². The van der Waals surface area contributed by atoms with Crippen LogP contribution in [-0.2, 0) is 7.05 Å². The van der Waals surface area contributed by atoms with Gasteiger partial charge in [-0.3, -0.25) is 14.3 Å². The molecule has 0 saturated carbocycles. The number of piperidine rings is 1. The van der Waals surface area contributed by atoms with Gasteiger partial charge in [-0.15, -0.1) is 0 Å². The molecular weight excluding hydrogens is 310 g/mol. The molecule has 0 atom stereocenters. The van der Waals surface area contributed by atoms with E-state index in [0.717, 1.165) is 25.9 Å². The zero-order valence-electron chi connectivity index (χ0n) is 13.8. The van der Waals surface area contributed by atoms with Gasteiger partial charge in [-0.2, -0.15) is 5.10 Å². The number of carbonyl (C=O) groups is 2. The summed E-state index contributed by atoms with van der Waals surface area (Å²) in [6, 6.07) is 4.93. The van der Waals surface area contributed by atoms with Crippen LogP contribution < -0.4 is 10.6 Å². The van der Waals surface area contributed by atoms with E-state index in [4.69, 9.17) is 4.42 Å². The fourth-order valence-corrected chi connectivity index (χ4v) is 2.69. The van der Waals surface area contributed by atoms with Crippen molar-refractivity contribution >= 4 is 17.6 Å². The normalized spacial score (nSPS) is 16.1. The third-order valence-corrected chi connectivity index (χ3v) is 4.15. The van der Waals surface area contributed by atoms with Crippen LogP contribution in [0.3, 0.4) is 0 Å². The number of amides is 2. The second kappa shape index (κ2) is 6.88. The van der Waals surface area contributed by atoms with Crippen LogP contribution in [0, 0.1) is 0 Å². The molecule has 2 N–H and O–H groups in total. The molecule has 0 aliphatic carbocycles. The maximum absolute atomic E-state index is 12.3. The lowest BCUT2D eigenvalue weighted by Gasteiger charge is -2.29. The molecule has 3 heterocycles. The fraction of sp³-hybridized carbons (Fsp3) is 0.438. The summed E-state index contributed by atoms with van der Waals surface area (Å²) in [7, 11) is 3.74. The third-order valence-electron chi connectivity index (χ3n) is 4.15. The summed E-state index contributed by atoms with van der Waals surface area (Å²) in [6.07, 6.45) is 3.28. The first-order valence-corrected chi connectivity index (χ1v) is 7.91. The highest BCUT2D eigenvalue weighted by Crippen LogP contribution is 2.13. The minimum Gasteiger partial charge on any atom is -0.459 e.